The molecule has 1 aromatic heterocycles. The van der Waals surface area contributed by atoms with Crippen LogP contribution in [0.15, 0.2) is 34.9 Å². The summed E-state index contributed by atoms with van der Waals surface area (Å²) >= 11 is 0. The predicted molar refractivity (Wildman–Crippen MR) is 70.8 cm³/mol. The fraction of sp³-hybridized carbons (Fsp3) is 0.357. The number of nitrogens with zero attached hydrogens (tertiary/aromatic N) is 2. The second kappa shape index (κ2) is 5.05. The molecule has 0 amide bonds. The fourth-order valence-electron chi connectivity index (χ4n) is 2.27. The topological polar surface area (TPSA) is 88.2 Å². The van der Waals surface area contributed by atoms with Gasteiger partial charge in [0.15, 0.2) is 0 Å². The average Bonchev–Trinajstić information content (AvgIpc) is 2.87. The molecule has 0 saturated heterocycles. The molecule has 2 N–H and O–H groups in total. The van der Waals surface area contributed by atoms with Crippen molar-refractivity contribution < 1.29 is 14.4 Å². The van der Waals surface area contributed by atoms with Crippen molar-refractivity contribution in [2.45, 2.75) is 31.3 Å². The Morgan fingerprint density at radius 2 is 2.10 bits per heavy atom. The lowest BCUT2D eigenvalue weighted by molar-refractivity contribution is -0.149. The Morgan fingerprint density at radius 1 is 1.35 bits per heavy atom. The molecule has 1 heterocycles. The first-order valence-electron chi connectivity index (χ1n) is 6.56. The van der Waals surface area contributed by atoms with E-state index in [2.05, 4.69) is 15.5 Å². The molecule has 2 aromatic rings. The zero-order valence-corrected chi connectivity index (χ0v) is 10.9. The lowest BCUT2D eigenvalue weighted by Gasteiger charge is -2.38. The molecule has 1 saturated carbocycles. The summed E-state index contributed by atoms with van der Waals surface area (Å²) in [4.78, 5) is 15.5. The minimum absolute atomic E-state index is 0.270. The Kier molecular flexibility index (Phi) is 3.23. The molecule has 1 fully saturated rings. The molecule has 6 heteroatoms. The number of hydrogen-bond donors (Lipinski definition) is 2. The van der Waals surface area contributed by atoms with E-state index in [4.69, 9.17) is 4.52 Å². The number of benzene rings is 1. The third-order valence-corrected chi connectivity index (χ3v) is 3.69. The summed E-state index contributed by atoms with van der Waals surface area (Å²) < 4.78 is 5.15. The van der Waals surface area contributed by atoms with Crippen molar-refractivity contribution >= 4 is 5.97 Å². The van der Waals surface area contributed by atoms with Crippen LogP contribution in [0.4, 0.5) is 0 Å². The number of nitrogens with one attached hydrogen (secondary N) is 1. The smallest absolute Gasteiger partial charge is 0.323 e. The van der Waals surface area contributed by atoms with Gasteiger partial charge in [-0.3, -0.25) is 10.1 Å². The van der Waals surface area contributed by atoms with Gasteiger partial charge in [-0.05, 0) is 19.3 Å². The summed E-state index contributed by atoms with van der Waals surface area (Å²) in [7, 11) is 0. The van der Waals surface area contributed by atoms with Crippen LogP contribution in [-0.4, -0.2) is 26.8 Å². The minimum Gasteiger partial charge on any atom is -0.480 e. The molecule has 0 radical (unpaired) electrons. The maximum absolute atomic E-state index is 11.2. The number of hydrogen-bond acceptors (Lipinski definition) is 5. The van der Waals surface area contributed by atoms with Gasteiger partial charge >= 0.3 is 5.97 Å². The Hall–Kier alpha value is -2.21. The highest BCUT2D eigenvalue weighted by Crippen LogP contribution is 2.32. The van der Waals surface area contributed by atoms with Crippen LogP contribution in [0.1, 0.15) is 25.2 Å². The largest absolute Gasteiger partial charge is 0.480 e. The fourth-order valence-corrected chi connectivity index (χ4v) is 2.27. The summed E-state index contributed by atoms with van der Waals surface area (Å²) in [6, 6.07) is 9.51. The Balaban J connectivity index is 1.68. The van der Waals surface area contributed by atoms with Gasteiger partial charge in [0.05, 0.1) is 6.54 Å². The zero-order valence-electron chi connectivity index (χ0n) is 10.9. The molecule has 0 bridgehead atoms. The van der Waals surface area contributed by atoms with Crippen LogP contribution in [0.2, 0.25) is 0 Å². The standard InChI is InChI=1S/C14H15N3O3/c18-13(19)14(7-4-8-14)15-9-11-16-12(17-20-11)10-5-2-1-3-6-10/h1-3,5-6,15H,4,7-9H2,(H,18,19). The Labute approximate surface area is 115 Å². The highest BCUT2D eigenvalue weighted by atomic mass is 16.5. The first-order valence-corrected chi connectivity index (χ1v) is 6.56. The zero-order chi connectivity index (χ0) is 14.0. The lowest BCUT2D eigenvalue weighted by atomic mass is 9.77. The summed E-state index contributed by atoms with van der Waals surface area (Å²) in [5.41, 5.74) is 0.0561. The second-order valence-corrected chi connectivity index (χ2v) is 4.97. The minimum atomic E-state index is -0.818. The van der Waals surface area contributed by atoms with Crippen molar-refractivity contribution in [3.05, 3.63) is 36.2 Å². The lowest BCUT2D eigenvalue weighted by Crippen LogP contribution is -2.56. The molecular formula is C14H15N3O3. The van der Waals surface area contributed by atoms with E-state index in [1.165, 1.54) is 0 Å². The molecule has 0 unspecified atom stereocenters. The van der Waals surface area contributed by atoms with Gasteiger partial charge in [0, 0.05) is 5.56 Å². The molecule has 20 heavy (non-hydrogen) atoms. The Morgan fingerprint density at radius 3 is 2.70 bits per heavy atom. The van der Waals surface area contributed by atoms with E-state index in [1.807, 2.05) is 30.3 Å². The summed E-state index contributed by atoms with van der Waals surface area (Å²) in [5.74, 6) is 0.100. The van der Waals surface area contributed by atoms with E-state index in [9.17, 15) is 9.90 Å². The molecular weight excluding hydrogens is 258 g/mol. The van der Waals surface area contributed by atoms with E-state index < -0.39 is 11.5 Å². The third-order valence-electron chi connectivity index (χ3n) is 3.69. The maximum Gasteiger partial charge on any atom is 0.323 e. The van der Waals surface area contributed by atoms with E-state index in [-0.39, 0.29) is 6.54 Å². The number of carboxylic acids is 1. The van der Waals surface area contributed by atoms with E-state index in [1.54, 1.807) is 0 Å². The van der Waals surface area contributed by atoms with Gasteiger partial charge in [-0.25, -0.2) is 0 Å². The quantitative estimate of drug-likeness (QED) is 0.864. The van der Waals surface area contributed by atoms with Gasteiger partial charge in [-0.2, -0.15) is 4.98 Å². The predicted octanol–water partition coefficient (Wildman–Crippen LogP) is 1.83. The van der Waals surface area contributed by atoms with Crippen molar-refractivity contribution in [2.75, 3.05) is 0 Å². The summed E-state index contributed by atoms with van der Waals surface area (Å²) in [6.45, 7) is 0.270. The van der Waals surface area contributed by atoms with E-state index in [0.717, 1.165) is 12.0 Å². The number of rotatable bonds is 5. The number of aliphatic carboxylic acids is 1. The first-order chi connectivity index (χ1) is 9.70. The molecule has 6 nitrogen and oxygen atoms in total. The summed E-state index contributed by atoms with van der Waals surface area (Å²) in [5, 5.41) is 16.1. The molecule has 0 aliphatic heterocycles. The molecule has 3 rings (SSSR count). The maximum atomic E-state index is 11.2. The van der Waals surface area contributed by atoms with Crippen molar-refractivity contribution in [1.82, 2.24) is 15.5 Å². The SMILES string of the molecule is O=C(O)C1(NCc2nc(-c3ccccc3)no2)CCC1. The van der Waals surface area contributed by atoms with E-state index >= 15 is 0 Å². The molecule has 1 aliphatic rings. The van der Waals surface area contributed by atoms with Gasteiger partial charge in [-0.1, -0.05) is 35.5 Å². The number of aromatic nitrogens is 2. The molecule has 0 spiro atoms. The van der Waals surface area contributed by atoms with Crippen LogP contribution in [0.25, 0.3) is 11.4 Å². The van der Waals surface area contributed by atoms with Gasteiger partial charge in [0.25, 0.3) is 0 Å². The van der Waals surface area contributed by atoms with Crippen molar-refractivity contribution in [3.63, 3.8) is 0 Å². The highest BCUT2D eigenvalue weighted by Gasteiger charge is 2.44. The van der Waals surface area contributed by atoms with Crippen molar-refractivity contribution in [1.29, 1.82) is 0 Å². The highest BCUT2D eigenvalue weighted by molar-refractivity contribution is 5.79. The van der Waals surface area contributed by atoms with Gasteiger partial charge in [0.1, 0.15) is 5.54 Å². The second-order valence-electron chi connectivity index (χ2n) is 4.97. The van der Waals surface area contributed by atoms with Crippen LogP contribution in [0.3, 0.4) is 0 Å². The molecule has 104 valence electrons. The van der Waals surface area contributed by atoms with Crippen molar-refractivity contribution in [2.24, 2.45) is 0 Å². The summed E-state index contributed by atoms with van der Waals surface area (Å²) in [6.07, 6.45) is 2.21. The van der Waals surface area contributed by atoms with Crippen LogP contribution in [0, 0.1) is 0 Å². The van der Waals surface area contributed by atoms with Crippen LogP contribution in [0.5, 0.6) is 0 Å². The normalized spacial score (nSPS) is 16.6. The molecule has 1 aliphatic carbocycles. The van der Waals surface area contributed by atoms with Gasteiger partial charge in [0.2, 0.25) is 11.7 Å². The van der Waals surface area contributed by atoms with Crippen LogP contribution >= 0.6 is 0 Å². The number of carboxylic acid groups (broad SMARTS) is 1. The molecule has 1 aromatic carbocycles. The van der Waals surface area contributed by atoms with Crippen molar-refractivity contribution in [3.8, 4) is 11.4 Å². The van der Waals surface area contributed by atoms with Crippen LogP contribution < -0.4 is 5.32 Å². The van der Waals surface area contributed by atoms with Crippen LogP contribution in [-0.2, 0) is 11.3 Å². The average molecular weight is 273 g/mol. The molecule has 0 atom stereocenters. The monoisotopic (exact) mass is 273 g/mol. The van der Waals surface area contributed by atoms with E-state index in [0.29, 0.717) is 24.6 Å². The third kappa shape index (κ3) is 2.30. The first kappa shape index (κ1) is 12.8. The van der Waals surface area contributed by atoms with Gasteiger partial charge < -0.3 is 9.63 Å². The number of carbonyl (C=O) groups is 1. The van der Waals surface area contributed by atoms with Gasteiger partial charge in [-0.15, -0.1) is 0 Å². The Bertz CT molecular complexity index is 605.